The second-order valence-corrected chi connectivity index (χ2v) is 8.66. The normalized spacial score (nSPS) is 10.5. The van der Waals surface area contributed by atoms with E-state index in [0.717, 1.165) is 29.1 Å². The van der Waals surface area contributed by atoms with Crippen molar-refractivity contribution in [1.29, 1.82) is 0 Å². The van der Waals surface area contributed by atoms with Crippen LogP contribution in [0.5, 0.6) is 0 Å². The van der Waals surface area contributed by atoms with E-state index in [2.05, 4.69) is 51.3 Å². The molecule has 37 heavy (non-hydrogen) atoms. The fourth-order valence-electron chi connectivity index (χ4n) is 2.63. The number of halogens is 2. The van der Waals surface area contributed by atoms with Gasteiger partial charge in [-0.2, -0.15) is 0 Å². The molecule has 0 fully saturated rings. The van der Waals surface area contributed by atoms with Crippen molar-refractivity contribution in [2.45, 2.75) is 47.1 Å². The number of nitrogens with two attached hydrogens (primary N) is 1. The van der Waals surface area contributed by atoms with Crippen molar-refractivity contribution in [1.82, 2.24) is 0 Å². The molecule has 0 aliphatic carbocycles. The predicted molar refractivity (Wildman–Crippen MR) is 159 cm³/mol. The van der Waals surface area contributed by atoms with Gasteiger partial charge in [-0.1, -0.05) is 44.7 Å². The maximum atomic E-state index is 13.5. The van der Waals surface area contributed by atoms with Crippen LogP contribution in [0.15, 0.2) is 77.4 Å². The first-order valence-corrected chi connectivity index (χ1v) is 12.4. The molecule has 2 aromatic rings. The van der Waals surface area contributed by atoms with Crippen LogP contribution in [0.25, 0.3) is 0 Å². The predicted octanol–water partition coefficient (Wildman–Crippen LogP) is 6.43. The Morgan fingerprint density at radius 3 is 2.35 bits per heavy atom. The van der Waals surface area contributed by atoms with Crippen molar-refractivity contribution in [3.8, 4) is 0 Å². The molecule has 0 aliphatic heterocycles. The highest BCUT2D eigenvalue weighted by Crippen LogP contribution is 2.19. The van der Waals surface area contributed by atoms with Crippen LogP contribution in [0, 0.1) is 18.6 Å². The van der Waals surface area contributed by atoms with Crippen LogP contribution < -0.4 is 16.4 Å². The summed E-state index contributed by atoms with van der Waals surface area (Å²) in [5.41, 5.74) is 10.1. The monoisotopic (exact) mass is 528 g/mol. The summed E-state index contributed by atoms with van der Waals surface area (Å²) in [6.45, 7) is 18.9. The van der Waals surface area contributed by atoms with Crippen LogP contribution >= 0.6 is 9.24 Å². The Morgan fingerprint density at radius 1 is 1.22 bits per heavy atom. The van der Waals surface area contributed by atoms with E-state index < -0.39 is 11.6 Å². The topological polar surface area (TPSA) is 79.8 Å². The summed E-state index contributed by atoms with van der Waals surface area (Å²) in [5, 5.41) is 3.50. The Balaban J connectivity index is 0.000000897. The number of hydrogen-bond acceptors (Lipinski definition) is 4. The number of nitrogens with one attached hydrogen (secondary N) is 1. The highest BCUT2D eigenvalue weighted by Gasteiger charge is 2.08. The molecule has 0 aliphatic rings. The molecule has 1 amide bonds. The number of allylic oxidation sites excluding steroid dienone is 2. The molecule has 0 aromatic heterocycles. The lowest BCUT2D eigenvalue weighted by atomic mass is 10.1. The molecule has 3 N–H and O–H groups in total. The summed E-state index contributed by atoms with van der Waals surface area (Å²) < 4.78 is 26.9. The van der Waals surface area contributed by atoms with Gasteiger partial charge in [0.25, 0.3) is 5.91 Å². The van der Waals surface area contributed by atoms with Gasteiger partial charge in [-0.3, -0.25) is 9.79 Å². The lowest BCUT2D eigenvalue weighted by molar-refractivity contribution is -0.114. The molecule has 2 rings (SSSR count). The van der Waals surface area contributed by atoms with Crippen LogP contribution in [0.1, 0.15) is 50.3 Å². The minimum Gasteiger partial charge on any atom is -0.381 e. The average Bonchev–Trinajstić information content (AvgIpc) is 2.87. The third kappa shape index (κ3) is 13.6. The Kier molecular flexibility index (Phi) is 17.2. The number of amides is 1. The molecule has 2 aromatic carbocycles. The smallest absolute Gasteiger partial charge is 0.271 e. The van der Waals surface area contributed by atoms with E-state index in [1.165, 1.54) is 18.9 Å². The number of hydrogen-bond donors (Lipinski definition) is 2. The summed E-state index contributed by atoms with van der Waals surface area (Å²) >= 11 is 0. The molecule has 1 atom stereocenters. The van der Waals surface area contributed by atoms with Crippen molar-refractivity contribution in [2.75, 3.05) is 11.9 Å². The minimum atomic E-state index is -0.841. The number of aryl methyl sites for hydroxylation is 1. The molecule has 200 valence electrons. The van der Waals surface area contributed by atoms with Gasteiger partial charge in [0.1, 0.15) is 0 Å². The average molecular weight is 529 g/mol. The number of rotatable bonds is 9. The summed E-state index contributed by atoms with van der Waals surface area (Å²) in [6.07, 6.45) is 7.51. The highest BCUT2D eigenvalue weighted by atomic mass is 31.0. The van der Waals surface area contributed by atoms with E-state index >= 15 is 0 Å². The SMILES string of the molecule is C=C/C=C\N=C(C)c1ccc(C)c(NCc2cc(F)c(F)c(P)c2)c1.C=NC(=O)C(=C)C.CCCCN. The maximum Gasteiger partial charge on any atom is 0.271 e. The van der Waals surface area contributed by atoms with E-state index in [4.69, 9.17) is 5.73 Å². The Hall–Kier alpha value is -3.28. The second-order valence-electron chi connectivity index (χ2n) is 8.04. The van der Waals surface area contributed by atoms with Crippen molar-refractivity contribution in [3.63, 3.8) is 0 Å². The molecule has 8 heteroatoms. The van der Waals surface area contributed by atoms with E-state index in [9.17, 15) is 13.6 Å². The molecule has 1 unspecified atom stereocenters. The highest BCUT2D eigenvalue weighted by molar-refractivity contribution is 7.27. The van der Waals surface area contributed by atoms with E-state index in [1.54, 1.807) is 31.3 Å². The molecule has 5 nitrogen and oxygen atoms in total. The quantitative estimate of drug-likeness (QED) is 0.170. The van der Waals surface area contributed by atoms with Crippen molar-refractivity contribution in [3.05, 3.63) is 95.7 Å². The van der Waals surface area contributed by atoms with Gasteiger partial charge in [0.15, 0.2) is 11.6 Å². The fraction of sp³-hybridized carbons (Fsp3) is 0.276. The largest absolute Gasteiger partial charge is 0.381 e. The number of anilines is 1. The number of benzene rings is 2. The van der Waals surface area contributed by atoms with Gasteiger partial charge >= 0.3 is 0 Å². The third-order valence-corrected chi connectivity index (χ3v) is 5.23. The first kappa shape index (κ1) is 33.7. The summed E-state index contributed by atoms with van der Waals surface area (Å²) in [4.78, 5) is 17.6. The molecule has 0 saturated heterocycles. The van der Waals surface area contributed by atoms with Gasteiger partial charge in [-0.15, -0.1) is 9.24 Å². The minimum absolute atomic E-state index is 0.222. The van der Waals surface area contributed by atoms with Crippen LogP contribution in [-0.2, 0) is 11.3 Å². The fourth-order valence-corrected chi connectivity index (χ4v) is 2.99. The molecular formula is C29H39F2N4OP. The molecule has 0 saturated carbocycles. The summed E-state index contributed by atoms with van der Waals surface area (Å²) in [6, 6.07) is 8.82. The molecule has 0 spiro atoms. The van der Waals surface area contributed by atoms with E-state index in [1.807, 2.05) is 32.0 Å². The van der Waals surface area contributed by atoms with Gasteiger partial charge in [-0.25, -0.2) is 13.8 Å². The number of carbonyl (C=O) groups is 1. The first-order valence-electron chi connectivity index (χ1n) is 11.8. The zero-order valence-corrected chi connectivity index (χ0v) is 23.4. The molecule has 0 heterocycles. The van der Waals surface area contributed by atoms with Gasteiger partial charge in [-0.05, 0) is 81.4 Å². The zero-order chi connectivity index (χ0) is 28.4. The van der Waals surface area contributed by atoms with E-state index in [0.29, 0.717) is 17.7 Å². The van der Waals surface area contributed by atoms with Crippen LogP contribution in [0.2, 0.25) is 0 Å². The Bertz CT molecular complexity index is 1100. The molecular weight excluding hydrogens is 489 g/mol. The maximum absolute atomic E-state index is 13.5. The van der Waals surface area contributed by atoms with Crippen molar-refractivity contribution in [2.24, 2.45) is 15.7 Å². The van der Waals surface area contributed by atoms with Crippen LogP contribution in [0.3, 0.4) is 0 Å². The first-order chi connectivity index (χ1) is 17.5. The van der Waals surface area contributed by atoms with E-state index in [-0.39, 0.29) is 11.2 Å². The standard InChI is InChI=1S/C20H21F2N2P.C5H7NO.C4H11N/c1-4-5-8-23-14(3)16-7-6-13(2)18(11-16)24-12-15-9-17(21)20(22)19(25)10-15;1-4(2)5(7)6-3;1-2-3-4-5/h4-11,24H,1,12,25H2,2-3H3;1,3H2,2H3;2-5H2,1H3/b8-5-,23-14?;;. The third-order valence-electron chi connectivity index (χ3n) is 4.81. The van der Waals surface area contributed by atoms with Gasteiger partial charge in [0.2, 0.25) is 0 Å². The summed E-state index contributed by atoms with van der Waals surface area (Å²) in [7, 11) is 2.21. The zero-order valence-electron chi connectivity index (χ0n) is 22.3. The van der Waals surface area contributed by atoms with Gasteiger partial charge in [0.05, 0.1) is 0 Å². The number of aliphatic imine (C=N–C) groups is 2. The molecule has 0 bridgehead atoms. The Morgan fingerprint density at radius 2 is 1.89 bits per heavy atom. The Labute approximate surface area is 222 Å². The number of nitrogens with zero attached hydrogens (tertiary/aromatic N) is 2. The van der Waals surface area contributed by atoms with Crippen molar-refractivity contribution >= 4 is 38.6 Å². The second kappa shape index (κ2) is 18.9. The number of unbranched alkanes of at least 4 members (excludes halogenated alkanes) is 1. The van der Waals surface area contributed by atoms with Gasteiger partial charge < -0.3 is 11.1 Å². The van der Waals surface area contributed by atoms with Crippen LogP contribution in [0.4, 0.5) is 14.5 Å². The summed E-state index contributed by atoms with van der Waals surface area (Å²) in [5.74, 6) is -2.00. The van der Waals surface area contributed by atoms with Crippen LogP contribution in [-0.4, -0.2) is 24.9 Å². The lowest BCUT2D eigenvalue weighted by Crippen LogP contribution is -2.08. The number of carbonyl (C=O) groups excluding carboxylic acids is 1. The molecule has 0 radical (unpaired) electrons. The van der Waals surface area contributed by atoms with Gasteiger partial charge in [0, 0.05) is 35.0 Å². The lowest BCUT2D eigenvalue weighted by Gasteiger charge is -2.12. The van der Waals surface area contributed by atoms with Crippen molar-refractivity contribution < 1.29 is 13.6 Å².